The van der Waals surface area contributed by atoms with Gasteiger partial charge in [0.25, 0.3) is 0 Å². The molecule has 0 aromatic carbocycles. The van der Waals surface area contributed by atoms with Crippen LogP contribution >= 0.6 is 0 Å². The number of unbranched alkanes of at least 4 members (excludes halogenated alkanes) is 1. The van der Waals surface area contributed by atoms with Gasteiger partial charge in [-0.25, -0.2) is 0 Å². The van der Waals surface area contributed by atoms with E-state index in [4.69, 9.17) is 14.2 Å². The molecule has 120 valence electrons. The van der Waals surface area contributed by atoms with E-state index in [1.807, 2.05) is 0 Å². The van der Waals surface area contributed by atoms with Crippen molar-refractivity contribution in [2.24, 2.45) is 0 Å². The van der Waals surface area contributed by atoms with Crippen LogP contribution in [0.5, 0.6) is 0 Å². The number of hydrogen-bond acceptors (Lipinski definition) is 4. The van der Waals surface area contributed by atoms with Crippen molar-refractivity contribution >= 4 is 0 Å². The molecule has 1 saturated carbocycles. The van der Waals surface area contributed by atoms with Gasteiger partial charge in [-0.05, 0) is 32.1 Å². The van der Waals surface area contributed by atoms with E-state index < -0.39 is 0 Å². The first-order valence-corrected chi connectivity index (χ1v) is 8.31. The van der Waals surface area contributed by atoms with Crippen molar-refractivity contribution in [1.29, 1.82) is 0 Å². The van der Waals surface area contributed by atoms with Crippen molar-refractivity contribution in [3.63, 3.8) is 0 Å². The predicted octanol–water partition coefficient (Wildman–Crippen LogP) is 2.76. The summed E-state index contributed by atoms with van der Waals surface area (Å²) in [6.07, 6.45) is 7.57. The Balaban J connectivity index is 1.74. The van der Waals surface area contributed by atoms with Crippen LogP contribution in [-0.4, -0.2) is 51.7 Å². The lowest BCUT2D eigenvalue weighted by Gasteiger charge is -2.42. The van der Waals surface area contributed by atoms with Crippen molar-refractivity contribution in [3.05, 3.63) is 0 Å². The van der Waals surface area contributed by atoms with Crippen LogP contribution in [0.15, 0.2) is 0 Å². The van der Waals surface area contributed by atoms with Gasteiger partial charge in [0.05, 0.1) is 33.0 Å². The summed E-state index contributed by atoms with van der Waals surface area (Å²) in [5.41, 5.74) is 0.426. The third-order valence-corrected chi connectivity index (χ3v) is 4.12. The molecule has 1 rings (SSSR count). The zero-order valence-corrected chi connectivity index (χ0v) is 13.4. The molecule has 1 aliphatic carbocycles. The average Bonchev–Trinajstić information content (AvgIpc) is 2.42. The van der Waals surface area contributed by atoms with Gasteiger partial charge in [-0.15, -0.1) is 0 Å². The molecule has 0 amide bonds. The van der Waals surface area contributed by atoms with Crippen molar-refractivity contribution in [1.82, 2.24) is 5.32 Å². The number of ether oxygens (including phenoxy) is 3. The second kappa shape index (κ2) is 11.5. The fraction of sp³-hybridized carbons (Fsp3) is 1.00. The molecule has 4 heteroatoms. The van der Waals surface area contributed by atoms with Crippen LogP contribution in [0.3, 0.4) is 0 Å². The molecule has 0 saturated heterocycles. The van der Waals surface area contributed by atoms with E-state index >= 15 is 0 Å². The standard InChI is InChI=1S/C16H33NO3/c1-3-5-10-18-12-14-20-15-13-19-11-9-17-16(4-2)7-6-8-16/h17H,3-15H2,1-2H3. The van der Waals surface area contributed by atoms with Gasteiger partial charge in [0, 0.05) is 18.7 Å². The van der Waals surface area contributed by atoms with Gasteiger partial charge in [0.2, 0.25) is 0 Å². The summed E-state index contributed by atoms with van der Waals surface area (Å²) in [6, 6.07) is 0. The van der Waals surface area contributed by atoms with Gasteiger partial charge in [0.15, 0.2) is 0 Å². The Hall–Kier alpha value is -0.160. The van der Waals surface area contributed by atoms with Crippen LogP contribution in [0.4, 0.5) is 0 Å². The van der Waals surface area contributed by atoms with Crippen LogP contribution in [-0.2, 0) is 14.2 Å². The molecular weight excluding hydrogens is 254 g/mol. The van der Waals surface area contributed by atoms with Crippen LogP contribution in [0.2, 0.25) is 0 Å². The zero-order chi connectivity index (χ0) is 14.5. The maximum atomic E-state index is 5.56. The van der Waals surface area contributed by atoms with Gasteiger partial charge < -0.3 is 19.5 Å². The third kappa shape index (κ3) is 7.58. The second-order valence-electron chi connectivity index (χ2n) is 5.60. The summed E-state index contributed by atoms with van der Waals surface area (Å²) in [5, 5.41) is 3.63. The van der Waals surface area contributed by atoms with Gasteiger partial charge in [0.1, 0.15) is 0 Å². The third-order valence-electron chi connectivity index (χ3n) is 4.12. The summed E-state index contributed by atoms with van der Waals surface area (Å²) in [5.74, 6) is 0. The molecule has 0 aromatic heterocycles. The second-order valence-corrected chi connectivity index (χ2v) is 5.60. The fourth-order valence-electron chi connectivity index (χ4n) is 2.44. The molecule has 1 fully saturated rings. The van der Waals surface area contributed by atoms with Crippen molar-refractivity contribution in [2.45, 2.75) is 57.9 Å². The highest BCUT2D eigenvalue weighted by molar-refractivity contribution is 4.94. The van der Waals surface area contributed by atoms with E-state index in [0.29, 0.717) is 32.0 Å². The average molecular weight is 287 g/mol. The minimum absolute atomic E-state index is 0.426. The lowest BCUT2D eigenvalue weighted by molar-refractivity contribution is 0.0128. The largest absolute Gasteiger partial charge is 0.379 e. The Morgan fingerprint density at radius 2 is 1.45 bits per heavy atom. The summed E-state index contributed by atoms with van der Waals surface area (Å²) < 4.78 is 16.4. The summed E-state index contributed by atoms with van der Waals surface area (Å²) in [4.78, 5) is 0. The van der Waals surface area contributed by atoms with E-state index in [-0.39, 0.29) is 0 Å². The molecule has 0 unspecified atom stereocenters. The van der Waals surface area contributed by atoms with E-state index in [2.05, 4.69) is 19.2 Å². The molecule has 0 heterocycles. The topological polar surface area (TPSA) is 39.7 Å². The van der Waals surface area contributed by atoms with E-state index in [0.717, 1.165) is 26.2 Å². The Morgan fingerprint density at radius 3 is 1.95 bits per heavy atom. The Labute approximate surface area is 124 Å². The quantitative estimate of drug-likeness (QED) is 0.499. The fourth-order valence-corrected chi connectivity index (χ4v) is 2.44. The van der Waals surface area contributed by atoms with Gasteiger partial charge in [-0.1, -0.05) is 20.3 Å². The predicted molar refractivity (Wildman–Crippen MR) is 82.2 cm³/mol. The molecular formula is C16H33NO3. The maximum absolute atomic E-state index is 5.56. The van der Waals surface area contributed by atoms with E-state index in [1.165, 1.54) is 32.1 Å². The molecule has 0 spiro atoms. The molecule has 0 aromatic rings. The molecule has 0 atom stereocenters. The summed E-state index contributed by atoms with van der Waals surface area (Å²) in [7, 11) is 0. The summed E-state index contributed by atoms with van der Waals surface area (Å²) in [6.45, 7) is 9.72. The highest BCUT2D eigenvalue weighted by Crippen LogP contribution is 2.34. The molecule has 0 bridgehead atoms. The molecule has 4 nitrogen and oxygen atoms in total. The monoisotopic (exact) mass is 287 g/mol. The molecule has 20 heavy (non-hydrogen) atoms. The first-order chi connectivity index (χ1) is 9.83. The first-order valence-electron chi connectivity index (χ1n) is 8.31. The van der Waals surface area contributed by atoms with Crippen LogP contribution in [0, 0.1) is 0 Å². The molecule has 0 radical (unpaired) electrons. The van der Waals surface area contributed by atoms with Crippen LogP contribution in [0.1, 0.15) is 52.4 Å². The minimum atomic E-state index is 0.426. The van der Waals surface area contributed by atoms with Gasteiger partial charge in [-0.2, -0.15) is 0 Å². The smallest absolute Gasteiger partial charge is 0.0701 e. The van der Waals surface area contributed by atoms with Crippen molar-refractivity contribution in [3.8, 4) is 0 Å². The number of hydrogen-bond donors (Lipinski definition) is 1. The lowest BCUT2D eigenvalue weighted by Crippen LogP contribution is -2.51. The van der Waals surface area contributed by atoms with Crippen LogP contribution < -0.4 is 5.32 Å². The number of rotatable bonds is 14. The van der Waals surface area contributed by atoms with E-state index in [9.17, 15) is 0 Å². The SMILES string of the molecule is CCCCOCCOCCOCCNC1(CC)CCC1. The van der Waals surface area contributed by atoms with Crippen molar-refractivity contribution < 1.29 is 14.2 Å². The molecule has 0 aliphatic heterocycles. The molecule has 1 N–H and O–H groups in total. The van der Waals surface area contributed by atoms with Crippen LogP contribution in [0.25, 0.3) is 0 Å². The Bertz CT molecular complexity index is 214. The van der Waals surface area contributed by atoms with Gasteiger partial charge >= 0.3 is 0 Å². The first kappa shape index (κ1) is 17.9. The highest BCUT2D eigenvalue weighted by atomic mass is 16.5. The summed E-state index contributed by atoms with van der Waals surface area (Å²) >= 11 is 0. The Morgan fingerprint density at radius 1 is 0.850 bits per heavy atom. The van der Waals surface area contributed by atoms with E-state index in [1.54, 1.807) is 0 Å². The van der Waals surface area contributed by atoms with Crippen molar-refractivity contribution in [2.75, 3.05) is 46.2 Å². The lowest BCUT2D eigenvalue weighted by atomic mass is 9.75. The minimum Gasteiger partial charge on any atom is -0.379 e. The molecule has 1 aliphatic rings. The highest BCUT2D eigenvalue weighted by Gasteiger charge is 2.33. The van der Waals surface area contributed by atoms with Gasteiger partial charge in [-0.3, -0.25) is 0 Å². The number of nitrogens with one attached hydrogen (secondary N) is 1. The zero-order valence-electron chi connectivity index (χ0n) is 13.4. The normalized spacial score (nSPS) is 17.1. The Kier molecular flexibility index (Phi) is 10.3. The maximum Gasteiger partial charge on any atom is 0.0701 e.